The van der Waals surface area contributed by atoms with E-state index in [1.54, 1.807) is 12.1 Å². The van der Waals surface area contributed by atoms with Crippen LogP contribution in [0.15, 0.2) is 188 Å². The quantitative estimate of drug-likeness (QED) is 0.160. The fourth-order valence-electron chi connectivity index (χ4n) is 10.3. The maximum absolute atomic E-state index is 9.52. The summed E-state index contributed by atoms with van der Waals surface area (Å²) in [5.74, 6) is 1.73. The van der Waals surface area contributed by atoms with Crippen molar-refractivity contribution in [2.45, 2.75) is 52.4 Å². The molecule has 0 spiro atoms. The molecule has 0 unspecified atom stereocenters. The lowest BCUT2D eigenvalue weighted by Crippen LogP contribution is -2.42. The lowest BCUT2D eigenvalue weighted by atomic mass is 9.59. The van der Waals surface area contributed by atoms with Crippen molar-refractivity contribution in [3.63, 3.8) is 0 Å². The van der Waals surface area contributed by atoms with Gasteiger partial charge in [-0.1, -0.05) is 151 Å². The molecule has 0 saturated heterocycles. The summed E-state index contributed by atoms with van der Waals surface area (Å²) in [5, 5.41) is 11.9. The van der Waals surface area contributed by atoms with Crippen LogP contribution < -0.4 is 0 Å². The van der Waals surface area contributed by atoms with Gasteiger partial charge in [0.15, 0.2) is 17.5 Å². The van der Waals surface area contributed by atoms with Gasteiger partial charge in [-0.2, -0.15) is 5.26 Å². The first kappa shape index (κ1) is 40.8. The van der Waals surface area contributed by atoms with Gasteiger partial charge in [-0.15, -0.1) is 0 Å². The standard InChI is InChI=1S/C61H49N5/c1-59(2)52-36-48(44-21-16-22-46(33-44)58-64-56(41-19-12-8-13-20-41)63-57(65-58)42-27-25-39(38-62)26-28-42)49(37-53(52)60(3,4)61(59,5)6)45-30-32-55-51(35-45)50-34-43(40-17-10-7-11-18-40)29-31-54(50)66(55)47-23-14-9-15-24-47/h7-37H,1-6H3. The molecule has 0 N–H and O–H groups in total. The third-order valence-electron chi connectivity index (χ3n) is 15.2. The second-order valence-corrected chi connectivity index (χ2v) is 19.3. The van der Waals surface area contributed by atoms with Crippen LogP contribution in [0.4, 0.5) is 0 Å². The van der Waals surface area contributed by atoms with Crippen molar-refractivity contribution in [3.8, 4) is 79.3 Å². The Bertz CT molecular complexity index is 3540. The van der Waals surface area contributed by atoms with Gasteiger partial charge in [-0.3, -0.25) is 0 Å². The van der Waals surface area contributed by atoms with Crippen LogP contribution in [0, 0.1) is 16.7 Å². The molecule has 2 aromatic heterocycles. The molecule has 2 heterocycles. The highest BCUT2D eigenvalue weighted by Gasteiger charge is 2.57. The van der Waals surface area contributed by atoms with Crippen LogP contribution in [-0.2, 0) is 10.8 Å². The molecule has 1 aliphatic carbocycles. The maximum atomic E-state index is 9.52. The van der Waals surface area contributed by atoms with E-state index in [1.807, 2.05) is 42.5 Å². The Kier molecular flexibility index (Phi) is 9.50. The summed E-state index contributed by atoms with van der Waals surface area (Å²) in [5.41, 5.74) is 16.2. The van der Waals surface area contributed by atoms with Crippen molar-refractivity contribution < 1.29 is 0 Å². The summed E-state index contributed by atoms with van der Waals surface area (Å²) in [4.78, 5) is 15.2. The van der Waals surface area contributed by atoms with E-state index < -0.39 is 0 Å². The minimum Gasteiger partial charge on any atom is -0.309 e. The Hall–Kier alpha value is -7.94. The molecule has 0 amide bonds. The number of hydrogen-bond acceptors (Lipinski definition) is 4. The molecule has 318 valence electrons. The van der Waals surface area contributed by atoms with Gasteiger partial charge in [0.2, 0.25) is 0 Å². The van der Waals surface area contributed by atoms with Crippen LogP contribution >= 0.6 is 0 Å². The highest BCUT2D eigenvalue weighted by Crippen LogP contribution is 2.63. The highest BCUT2D eigenvalue weighted by atomic mass is 15.0. The summed E-state index contributed by atoms with van der Waals surface area (Å²) in [6.45, 7) is 14.5. The number of benzene rings is 8. The maximum Gasteiger partial charge on any atom is 0.164 e. The summed E-state index contributed by atoms with van der Waals surface area (Å²) in [6.07, 6.45) is 0. The number of rotatable bonds is 7. The second kappa shape index (κ2) is 15.4. The van der Waals surface area contributed by atoms with Gasteiger partial charge in [-0.05, 0) is 140 Å². The summed E-state index contributed by atoms with van der Waals surface area (Å²) >= 11 is 0. The van der Waals surface area contributed by atoms with E-state index in [4.69, 9.17) is 15.0 Å². The van der Waals surface area contributed by atoms with Crippen molar-refractivity contribution in [2.75, 3.05) is 0 Å². The van der Waals surface area contributed by atoms with Crippen molar-refractivity contribution in [2.24, 2.45) is 5.41 Å². The summed E-state index contributed by atoms with van der Waals surface area (Å²) in [6, 6.07) is 68.6. The molecular formula is C61H49N5. The number of aromatic nitrogens is 4. The van der Waals surface area contributed by atoms with Gasteiger partial charge in [0.25, 0.3) is 0 Å². The number of nitrogens with zero attached hydrogens (tertiary/aromatic N) is 5. The molecule has 0 radical (unpaired) electrons. The Morgan fingerprint density at radius 3 is 1.38 bits per heavy atom. The van der Waals surface area contributed by atoms with E-state index in [2.05, 4.69) is 186 Å². The number of hydrogen-bond donors (Lipinski definition) is 0. The smallest absolute Gasteiger partial charge is 0.164 e. The molecular weight excluding hydrogens is 803 g/mol. The zero-order valence-corrected chi connectivity index (χ0v) is 38.1. The van der Waals surface area contributed by atoms with Crippen molar-refractivity contribution in [3.05, 3.63) is 205 Å². The fraction of sp³-hybridized carbons (Fsp3) is 0.148. The third-order valence-corrected chi connectivity index (χ3v) is 15.2. The van der Waals surface area contributed by atoms with E-state index in [1.165, 1.54) is 49.6 Å². The number of nitriles is 1. The van der Waals surface area contributed by atoms with E-state index in [9.17, 15) is 5.26 Å². The van der Waals surface area contributed by atoms with Gasteiger partial charge in [0.1, 0.15) is 0 Å². The molecule has 0 bridgehead atoms. The Balaban J connectivity index is 1.14. The molecule has 0 saturated carbocycles. The lowest BCUT2D eigenvalue weighted by molar-refractivity contribution is 0.125. The lowest BCUT2D eigenvalue weighted by Gasteiger charge is -2.44. The van der Waals surface area contributed by atoms with E-state index in [0.29, 0.717) is 23.0 Å². The SMILES string of the molecule is CC1(C)c2cc(-c3cccc(-c4nc(-c5ccccc5)nc(-c5ccc(C#N)cc5)n4)c3)c(-c3ccc4c(c3)c3cc(-c5ccccc5)ccc3n4-c3ccccc3)cc2C(C)(C)C1(C)C. The van der Waals surface area contributed by atoms with Crippen LogP contribution in [0.25, 0.3) is 95.0 Å². The molecule has 0 aliphatic heterocycles. The van der Waals surface area contributed by atoms with Gasteiger partial charge in [0.05, 0.1) is 22.7 Å². The number of fused-ring (bicyclic) bond motifs is 4. The monoisotopic (exact) mass is 851 g/mol. The van der Waals surface area contributed by atoms with E-state index >= 15 is 0 Å². The first-order valence-corrected chi connectivity index (χ1v) is 22.7. The number of para-hydroxylation sites is 1. The average Bonchev–Trinajstić information content (AvgIpc) is 3.74. The Morgan fingerprint density at radius 2 is 0.818 bits per heavy atom. The van der Waals surface area contributed by atoms with Gasteiger partial charge in [-0.25, -0.2) is 15.0 Å². The normalized spacial score (nSPS) is 14.6. The first-order valence-electron chi connectivity index (χ1n) is 22.7. The van der Waals surface area contributed by atoms with E-state index in [-0.39, 0.29) is 16.2 Å². The molecule has 5 nitrogen and oxygen atoms in total. The minimum atomic E-state index is -0.105. The van der Waals surface area contributed by atoms with Gasteiger partial charge >= 0.3 is 0 Å². The molecule has 11 rings (SSSR count). The van der Waals surface area contributed by atoms with Crippen molar-refractivity contribution in [1.29, 1.82) is 5.26 Å². The first-order chi connectivity index (χ1) is 31.9. The molecule has 66 heavy (non-hydrogen) atoms. The molecule has 1 aliphatic rings. The largest absolute Gasteiger partial charge is 0.309 e. The third kappa shape index (κ3) is 6.47. The minimum absolute atomic E-state index is 0.0263. The summed E-state index contributed by atoms with van der Waals surface area (Å²) in [7, 11) is 0. The highest BCUT2D eigenvalue weighted by molar-refractivity contribution is 6.12. The topological polar surface area (TPSA) is 67.4 Å². The van der Waals surface area contributed by atoms with Crippen molar-refractivity contribution in [1.82, 2.24) is 19.5 Å². The predicted molar refractivity (Wildman–Crippen MR) is 271 cm³/mol. The molecule has 5 heteroatoms. The second-order valence-electron chi connectivity index (χ2n) is 19.3. The van der Waals surface area contributed by atoms with Gasteiger partial charge in [0, 0.05) is 33.2 Å². The predicted octanol–water partition coefficient (Wildman–Crippen LogP) is 15.4. The molecule has 8 aromatic carbocycles. The van der Waals surface area contributed by atoms with Crippen LogP contribution in [0.2, 0.25) is 0 Å². The Labute approximate surface area is 386 Å². The molecule has 0 fully saturated rings. The van der Waals surface area contributed by atoms with E-state index in [0.717, 1.165) is 39.1 Å². The average molecular weight is 852 g/mol. The van der Waals surface area contributed by atoms with Gasteiger partial charge < -0.3 is 4.57 Å². The summed E-state index contributed by atoms with van der Waals surface area (Å²) < 4.78 is 2.40. The van der Waals surface area contributed by atoms with Crippen LogP contribution in [-0.4, -0.2) is 19.5 Å². The van der Waals surface area contributed by atoms with Crippen LogP contribution in [0.1, 0.15) is 58.2 Å². The Morgan fingerprint density at radius 1 is 0.394 bits per heavy atom. The zero-order valence-electron chi connectivity index (χ0n) is 38.1. The van der Waals surface area contributed by atoms with Crippen LogP contribution in [0.3, 0.4) is 0 Å². The zero-order chi connectivity index (χ0) is 45.4. The van der Waals surface area contributed by atoms with Crippen molar-refractivity contribution >= 4 is 21.8 Å². The fourth-order valence-corrected chi connectivity index (χ4v) is 10.3. The van der Waals surface area contributed by atoms with Crippen LogP contribution in [0.5, 0.6) is 0 Å². The molecule has 10 aromatic rings. The molecule has 0 atom stereocenters.